The normalized spacial score (nSPS) is 29.9. The van der Waals surface area contributed by atoms with E-state index in [4.69, 9.17) is 0 Å². The summed E-state index contributed by atoms with van der Waals surface area (Å²) >= 11 is 0. The lowest BCUT2D eigenvalue weighted by Gasteiger charge is -2.41. The van der Waals surface area contributed by atoms with Crippen LogP contribution >= 0.6 is 0 Å². The average Bonchev–Trinajstić information content (AvgIpc) is 3.01. The monoisotopic (exact) mass is 250 g/mol. The molecule has 1 amide bonds. The molecule has 1 aliphatic carbocycles. The second-order valence-electron chi connectivity index (χ2n) is 6.99. The Morgan fingerprint density at radius 3 is 2.28 bits per heavy atom. The number of piperidine rings is 1. The van der Waals surface area contributed by atoms with E-state index < -0.39 is 0 Å². The quantitative estimate of drug-likeness (QED) is 0.773. The highest BCUT2D eigenvalue weighted by Gasteiger charge is 2.43. The second kappa shape index (κ2) is 4.52. The minimum absolute atomic E-state index is 0.0293. The topological polar surface area (TPSA) is 32.3 Å². The standard InChI is InChI=1S/C15H26N2O/c1-14(4-2-3-5-14)13(18)17-10-7-15(8-11-17)6-9-16-12-15/h16H,2-12H2,1H3. The molecule has 2 heterocycles. The van der Waals surface area contributed by atoms with Crippen LogP contribution in [0.15, 0.2) is 0 Å². The summed E-state index contributed by atoms with van der Waals surface area (Å²) < 4.78 is 0. The van der Waals surface area contributed by atoms with Gasteiger partial charge in [0.25, 0.3) is 0 Å². The highest BCUT2D eigenvalue weighted by Crippen LogP contribution is 2.42. The minimum Gasteiger partial charge on any atom is -0.342 e. The first-order chi connectivity index (χ1) is 8.64. The van der Waals surface area contributed by atoms with Crippen LogP contribution in [0.4, 0.5) is 0 Å². The van der Waals surface area contributed by atoms with Gasteiger partial charge in [-0.25, -0.2) is 0 Å². The zero-order chi connectivity index (χ0) is 12.6. The molecule has 2 aliphatic heterocycles. The lowest BCUT2D eigenvalue weighted by atomic mass is 9.77. The Morgan fingerprint density at radius 1 is 1.06 bits per heavy atom. The Bertz CT molecular complexity index is 317. The number of carbonyl (C=O) groups excluding carboxylic acids is 1. The molecular weight excluding hydrogens is 224 g/mol. The largest absolute Gasteiger partial charge is 0.342 e. The fraction of sp³-hybridized carbons (Fsp3) is 0.933. The molecule has 1 saturated carbocycles. The fourth-order valence-electron chi connectivity index (χ4n) is 4.16. The first-order valence-electron chi connectivity index (χ1n) is 7.64. The summed E-state index contributed by atoms with van der Waals surface area (Å²) in [6.07, 6.45) is 8.42. The van der Waals surface area contributed by atoms with Crippen LogP contribution in [0.3, 0.4) is 0 Å². The Morgan fingerprint density at radius 2 is 1.72 bits per heavy atom. The van der Waals surface area contributed by atoms with Gasteiger partial charge in [-0.1, -0.05) is 19.8 Å². The van der Waals surface area contributed by atoms with Crippen LogP contribution in [0.5, 0.6) is 0 Å². The van der Waals surface area contributed by atoms with Crippen molar-refractivity contribution in [2.45, 2.75) is 51.9 Å². The predicted molar refractivity (Wildman–Crippen MR) is 72.3 cm³/mol. The summed E-state index contributed by atoms with van der Waals surface area (Å²) in [6, 6.07) is 0. The van der Waals surface area contributed by atoms with Crippen molar-refractivity contribution in [1.82, 2.24) is 10.2 Å². The van der Waals surface area contributed by atoms with Crippen molar-refractivity contribution < 1.29 is 4.79 Å². The van der Waals surface area contributed by atoms with Crippen LogP contribution in [-0.4, -0.2) is 37.0 Å². The number of hydrogen-bond acceptors (Lipinski definition) is 2. The molecule has 0 radical (unpaired) electrons. The van der Waals surface area contributed by atoms with Crippen LogP contribution in [0, 0.1) is 10.8 Å². The van der Waals surface area contributed by atoms with E-state index in [0.717, 1.165) is 25.9 Å². The van der Waals surface area contributed by atoms with Crippen molar-refractivity contribution in [2.24, 2.45) is 10.8 Å². The molecule has 3 rings (SSSR count). The smallest absolute Gasteiger partial charge is 0.228 e. The van der Waals surface area contributed by atoms with E-state index in [2.05, 4.69) is 17.1 Å². The van der Waals surface area contributed by atoms with Gasteiger partial charge < -0.3 is 10.2 Å². The number of carbonyl (C=O) groups is 1. The molecule has 0 bridgehead atoms. The van der Waals surface area contributed by atoms with Gasteiger partial charge in [-0.05, 0) is 44.1 Å². The lowest BCUT2D eigenvalue weighted by molar-refractivity contribution is -0.143. The maximum atomic E-state index is 12.6. The van der Waals surface area contributed by atoms with Crippen molar-refractivity contribution in [2.75, 3.05) is 26.2 Å². The van der Waals surface area contributed by atoms with Crippen molar-refractivity contribution in [3.05, 3.63) is 0 Å². The van der Waals surface area contributed by atoms with Crippen LogP contribution in [0.1, 0.15) is 51.9 Å². The van der Waals surface area contributed by atoms with E-state index in [1.807, 2.05) is 0 Å². The number of amides is 1. The molecule has 3 aliphatic rings. The van der Waals surface area contributed by atoms with Gasteiger partial charge in [0.05, 0.1) is 0 Å². The highest BCUT2D eigenvalue weighted by molar-refractivity contribution is 5.82. The molecule has 0 atom stereocenters. The molecule has 3 nitrogen and oxygen atoms in total. The molecule has 1 spiro atoms. The number of hydrogen-bond donors (Lipinski definition) is 1. The predicted octanol–water partition coefficient (Wildman–Crippen LogP) is 2.17. The maximum Gasteiger partial charge on any atom is 0.228 e. The molecular formula is C15H26N2O. The van der Waals surface area contributed by atoms with Gasteiger partial charge in [0.15, 0.2) is 0 Å². The Hall–Kier alpha value is -0.570. The summed E-state index contributed by atoms with van der Waals surface area (Å²) in [6.45, 7) is 6.52. The summed E-state index contributed by atoms with van der Waals surface area (Å²) in [5, 5.41) is 3.49. The number of rotatable bonds is 1. The molecule has 18 heavy (non-hydrogen) atoms. The molecule has 102 valence electrons. The van der Waals surface area contributed by atoms with Gasteiger partial charge in [-0.15, -0.1) is 0 Å². The Kier molecular flexibility index (Phi) is 3.13. The molecule has 0 aromatic rings. The molecule has 0 unspecified atom stereocenters. The lowest BCUT2D eigenvalue weighted by Crippen LogP contribution is -2.48. The molecule has 3 heteroatoms. The third-order valence-electron chi connectivity index (χ3n) is 5.67. The van der Waals surface area contributed by atoms with Gasteiger partial charge in [-0.2, -0.15) is 0 Å². The van der Waals surface area contributed by atoms with Crippen LogP contribution in [0.25, 0.3) is 0 Å². The Balaban J connectivity index is 1.60. The van der Waals surface area contributed by atoms with Gasteiger partial charge in [-0.3, -0.25) is 4.79 Å². The average molecular weight is 250 g/mol. The van der Waals surface area contributed by atoms with E-state index >= 15 is 0 Å². The molecule has 0 aromatic carbocycles. The van der Waals surface area contributed by atoms with Crippen molar-refractivity contribution >= 4 is 5.91 Å². The summed E-state index contributed by atoms with van der Waals surface area (Å²) in [4.78, 5) is 14.8. The van der Waals surface area contributed by atoms with E-state index in [-0.39, 0.29) is 5.41 Å². The van der Waals surface area contributed by atoms with Crippen molar-refractivity contribution in [1.29, 1.82) is 0 Å². The zero-order valence-corrected chi connectivity index (χ0v) is 11.6. The zero-order valence-electron chi connectivity index (χ0n) is 11.6. The van der Waals surface area contributed by atoms with Gasteiger partial charge in [0.1, 0.15) is 0 Å². The van der Waals surface area contributed by atoms with E-state index in [0.29, 0.717) is 11.3 Å². The molecule has 3 fully saturated rings. The molecule has 1 N–H and O–H groups in total. The third-order valence-corrected chi connectivity index (χ3v) is 5.67. The van der Waals surface area contributed by atoms with E-state index in [1.54, 1.807) is 0 Å². The number of nitrogens with zero attached hydrogens (tertiary/aromatic N) is 1. The Labute approximate surface area is 110 Å². The minimum atomic E-state index is -0.0293. The van der Waals surface area contributed by atoms with E-state index in [1.165, 1.54) is 45.2 Å². The SMILES string of the molecule is CC1(C(=O)N2CCC3(CCNC3)CC2)CCCC1. The van der Waals surface area contributed by atoms with Crippen LogP contribution < -0.4 is 5.32 Å². The van der Waals surface area contributed by atoms with Crippen LogP contribution in [0.2, 0.25) is 0 Å². The summed E-state index contributed by atoms with van der Waals surface area (Å²) in [7, 11) is 0. The first kappa shape index (κ1) is 12.5. The number of nitrogens with one attached hydrogen (secondary N) is 1. The van der Waals surface area contributed by atoms with Gasteiger partial charge >= 0.3 is 0 Å². The van der Waals surface area contributed by atoms with Crippen molar-refractivity contribution in [3.63, 3.8) is 0 Å². The van der Waals surface area contributed by atoms with E-state index in [9.17, 15) is 4.79 Å². The van der Waals surface area contributed by atoms with Gasteiger partial charge in [0, 0.05) is 25.0 Å². The fourth-order valence-corrected chi connectivity index (χ4v) is 4.16. The summed E-state index contributed by atoms with van der Waals surface area (Å²) in [5.74, 6) is 0.445. The highest BCUT2D eigenvalue weighted by atomic mass is 16.2. The van der Waals surface area contributed by atoms with Gasteiger partial charge in [0.2, 0.25) is 5.91 Å². The third kappa shape index (κ3) is 2.07. The second-order valence-corrected chi connectivity index (χ2v) is 6.99. The van der Waals surface area contributed by atoms with Crippen molar-refractivity contribution in [3.8, 4) is 0 Å². The number of likely N-dealkylation sites (tertiary alicyclic amines) is 1. The molecule has 2 saturated heterocycles. The first-order valence-corrected chi connectivity index (χ1v) is 7.64. The summed E-state index contributed by atoms with van der Waals surface area (Å²) in [5.41, 5.74) is 0.492. The molecule has 0 aromatic heterocycles. The maximum absolute atomic E-state index is 12.6. The van der Waals surface area contributed by atoms with Crippen LogP contribution in [-0.2, 0) is 4.79 Å².